The Kier molecular flexibility index (Phi) is 3.67. The molecule has 1 amide bonds. The zero-order chi connectivity index (χ0) is 14.9. The van der Waals surface area contributed by atoms with Crippen molar-refractivity contribution in [3.8, 4) is 5.75 Å². The van der Waals surface area contributed by atoms with Crippen LogP contribution in [0.5, 0.6) is 5.75 Å². The quantitative estimate of drug-likeness (QED) is 0.666. The maximum absolute atomic E-state index is 12.1. The molecule has 1 heterocycles. The highest BCUT2D eigenvalue weighted by Crippen LogP contribution is 2.39. The van der Waals surface area contributed by atoms with Gasteiger partial charge in [0, 0.05) is 13.0 Å². The van der Waals surface area contributed by atoms with Crippen LogP contribution in [0.3, 0.4) is 0 Å². The van der Waals surface area contributed by atoms with Gasteiger partial charge in [-0.2, -0.15) is 0 Å². The van der Waals surface area contributed by atoms with Crippen LogP contribution in [-0.2, 0) is 4.74 Å². The first kappa shape index (κ1) is 14.3. The number of aromatic amines is 2. The van der Waals surface area contributed by atoms with Gasteiger partial charge < -0.3 is 14.8 Å². The first-order valence-electron chi connectivity index (χ1n) is 6.26. The molecule has 1 aromatic heterocycles. The lowest BCUT2D eigenvalue weighted by Crippen LogP contribution is -2.36. The van der Waals surface area contributed by atoms with E-state index >= 15 is 0 Å². The summed E-state index contributed by atoms with van der Waals surface area (Å²) in [6, 6.07) is -0.151. The zero-order valence-corrected chi connectivity index (χ0v) is 11.5. The maximum atomic E-state index is 12.1. The second kappa shape index (κ2) is 5.12. The number of ether oxygens (including phenoxy) is 2. The number of carbonyl (C=O) groups excluding carboxylic acids is 1. The summed E-state index contributed by atoms with van der Waals surface area (Å²) in [6.07, 6.45) is 0.683. The van der Waals surface area contributed by atoms with Gasteiger partial charge in [-0.05, 0) is 13.8 Å². The summed E-state index contributed by atoms with van der Waals surface area (Å²) >= 11 is 0. The third-order valence-electron chi connectivity index (χ3n) is 3.30. The van der Waals surface area contributed by atoms with Crippen LogP contribution in [0.25, 0.3) is 0 Å². The molecule has 0 bridgehead atoms. The van der Waals surface area contributed by atoms with E-state index in [1.165, 1.54) is 7.11 Å². The van der Waals surface area contributed by atoms with E-state index in [1.54, 1.807) is 0 Å². The van der Waals surface area contributed by atoms with E-state index in [1.807, 2.05) is 18.8 Å². The highest BCUT2D eigenvalue weighted by Gasteiger charge is 2.52. The standard InChI is InChI=1S/C12H17N3O5/c1-4-20-12(2)5-6(12)13-9(16)7-8(19-3)10(17)15-11(18)14-7/h6H,4-5H2,1-3H3,(H,13,16)(H2,14,15,17,18)/t6-,12+/m1/s1. The van der Waals surface area contributed by atoms with Crippen molar-refractivity contribution in [3.63, 3.8) is 0 Å². The van der Waals surface area contributed by atoms with E-state index in [9.17, 15) is 14.4 Å². The highest BCUT2D eigenvalue weighted by atomic mass is 16.5. The number of amides is 1. The van der Waals surface area contributed by atoms with Gasteiger partial charge in [0.05, 0.1) is 18.8 Å². The van der Waals surface area contributed by atoms with E-state index in [2.05, 4.69) is 10.3 Å². The topological polar surface area (TPSA) is 113 Å². The second-order valence-electron chi connectivity index (χ2n) is 4.79. The highest BCUT2D eigenvalue weighted by molar-refractivity contribution is 5.95. The first-order valence-corrected chi connectivity index (χ1v) is 6.26. The number of H-pyrrole nitrogens is 2. The molecule has 0 aromatic carbocycles. The smallest absolute Gasteiger partial charge is 0.326 e. The van der Waals surface area contributed by atoms with E-state index < -0.39 is 17.2 Å². The Balaban J connectivity index is 2.19. The summed E-state index contributed by atoms with van der Waals surface area (Å²) in [6.45, 7) is 4.31. The number of nitrogens with one attached hydrogen (secondary N) is 3. The molecular weight excluding hydrogens is 266 g/mol. The van der Waals surface area contributed by atoms with Crippen LogP contribution in [0.15, 0.2) is 9.59 Å². The molecule has 110 valence electrons. The molecule has 0 aliphatic heterocycles. The molecule has 1 aliphatic rings. The fraction of sp³-hybridized carbons (Fsp3) is 0.583. The lowest BCUT2D eigenvalue weighted by atomic mass is 10.3. The predicted octanol–water partition coefficient (Wildman–Crippen LogP) is -0.631. The summed E-state index contributed by atoms with van der Waals surface area (Å²) in [4.78, 5) is 39.1. The molecule has 0 unspecified atom stereocenters. The molecule has 3 N–H and O–H groups in total. The number of aromatic nitrogens is 2. The summed E-state index contributed by atoms with van der Waals surface area (Å²) in [7, 11) is 1.25. The lowest BCUT2D eigenvalue weighted by Gasteiger charge is -2.12. The van der Waals surface area contributed by atoms with Gasteiger partial charge in [-0.1, -0.05) is 0 Å². The normalized spacial score (nSPS) is 24.2. The Morgan fingerprint density at radius 3 is 2.75 bits per heavy atom. The minimum absolute atomic E-state index is 0.151. The Hall–Kier alpha value is -2.09. The lowest BCUT2D eigenvalue weighted by molar-refractivity contribution is 0.0469. The van der Waals surface area contributed by atoms with Crippen LogP contribution in [0.2, 0.25) is 0 Å². The molecule has 20 heavy (non-hydrogen) atoms. The van der Waals surface area contributed by atoms with Gasteiger partial charge in [-0.3, -0.25) is 19.6 Å². The molecule has 8 heteroatoms. The average Bonchev–Trinajstić information content (AvgIpc) is 2.98. The van der Waals surface area contributed by atoms with Crippen LogP contribution in [0, 0.1) is 0 Å². The molecule has 1 aromatic rings. The third kappa shape index (κ3) is 2.60. The zero-order valence-electron chi connectivity index (χ0n) is 11.5. The molecule has 1 aliphatic carbocycles. The van der Waals surface area contributed by atoms with Gasteiger partial charge >= 0.3 is 5.69 Å². The van der Waals surface area contributed by atoms with E-state index in [-0.39, 0.29) is 23.1 Å². The van der Waals surface area contributed by atoms with Gasteiger partial charge in [0.2, 0.25) is 5.75 Å². The molecule has 0 spiro atoms. The molecule has 2 rings (SSSR count). The molecule has 2 atom stereocenters. The monoisotopic (exact) mass is 283 g/mol. The summed E-state index contributed by atoms with van der Waals surface area (Å²) in [5.74, 6) is -0.792. The largest absolute Gasteiger partial charge is 0.489 e. The molecule has 0 saturated heterocycles. The fourth-order valence-corrected chi connectivity index (χ4v) is 2.10. The number of carbonyl (C=O) groups is 1. The Morgan fingerprint density at radius 2 is 2.15 bits per heavy atom. The second-order valence-corrected chi connectivity index (χ2v) is 4.79. The molecule has 1 fully saturated rings. The van der Waals surface area contributed by atoms with Crippen LogP contribution in [0.4, 0.5) is 0 Å². The van der Waals surface area contributed by atoms with Crippen LogP contribution in [0.1, 0.15) is 30.8 Å². The van der Waals surface area contributed by atoms with Crippen molar-refractivity contribution in [2.24, 2.45) is 0 Å². The minimum Gasteiger partial charge on any atom is -0.489 e. The predicted molar refractivity (Wildman–Crippen MR) is 70.1 cm³/mol. The van der Waals surface area contributed by atoms with Crippen molar-refractivity contribution in [2.75, 3.05) is 13.7 Å². The molecule has 0 radical (unpaired) electrons. The maximum Gasteiger partial charge on any atom is 0.326 e. The summed E-state index contributed by atoms with van der Waals surface area (Å²) < 4.78 is 10.4. The summed E-state index contributed by atoms with van der Waals surface area (Å²) in [5, 5.41) is 2.71. The van der Waals surface area contributed by atoms with Gasteiger partial charge in [-0.25, -0.2) is 4.79 Å². The van der Waals surface area contributed by atoms with E-state index in [4.69, 9.17) is 9.47 Å². The number of hydrogen-bond donors (Lipinski definition) is 3. The van der Waals surface area contributed by atoms with Crippen molar-refractivity contribution in [3.05, 3.63) is 26.5 Å². The first-order chi connectivity index (χ1) is 9.41. The van der Waals surface area contributed by atoms with Gasteiger partial charge in [0.1, 0.15) is 0 Å². The number of hydrogen-bond acceptors (Lipinski definition) is 5. The Bertz CT molecular complexity index is 635. The number of rotatable bonds is 5. The minimum atomic E-state index is -0.760. The summed E-state index contributed by atoms with van der Waals surface area (Å²) in [5.41, 5.74) is -2.08. The van der Waals surface area contributed by atoms with E-state index in [0.29, 0.717) is 13.0 Å². The van der Waals surface area contributed by atoms with Gasteiger partial charge in [0.25, 0.3) is 11.5 Å². The van der Waals surface area contributed by atoms with Gasteiger partial charge in [-0.15, -0.1) is 0 Å². The number of methoxy groups -OCH3 is 1. The van der Waals surface area contributed by atoms with Crippen molar-refractivity contribution in [1.29, 1.82) is 0 Å². The molecule has 8 nitrogen and oxygen atoms in total. The van der Waals surface area contributed by atoms with Crippen molar-refractivity contribution >= 4 is 5.91 Å². The van der Waals surface area contributed by atoms with Crippen LogP contribution < -0.4 is 21.3 Å². The van der Waals surface area contributed by atoms with Crippen molar-refractivity contribution < 1.29 is 14.3 Å². The van der Waals surface area contributed by atoms with Crippen LogP contribution in [-0.4, -0.2) is 41.2 Å². The van der Waals surface area contributed by atoms with Crippen LogP contribution >= 0.6 is 0 Å². The Morgan fingerprint density at radius 1 is 1.45 bits per heavy atom. The Labute approximate surface area is 114 Å². The van der Waals surface area contributed by atoms with Crippen molar-refractivity contribution in [1.82, 2.24) is 15.3 Å². The fourth-order valence-electron chi connectivity index (χ4n) is 2.10. The van der Waals surface area contributed by atoms with E-state index in [0.717, 1.165) is 0 Å². The van der Waals surface area contributed by atoms with Crippen molar-refractivity contribution in [2.45, 2.75) is 31.9 Å². The molecule has 1 saturated carbocycles. The van der Waals surface area contributed by atoms with Gasteiger partial charge in [0.15, 0.2) is 5.69 Å². The average molecular weight is 283 g/mol. The molecular formula is C12H17N3O5. The third-order valence-corrected chi connectivity index (χ3v) is 3.30. The SMILES string of the molecule is CCO[C@@]1(C)C[C@H]1NC(=O)c1[nH]c(=O)[nH]c(=O)c1OC.